The molecule has 1 N–H and O–H groups in total. The highest BCUT2D eigenvalue weighted by atomic mass is 35.5. The van der Waals surface area contributed by atoms with Crippen LogP contribution >= 0.6 is 11.6 Å². The summed E-state index contributed by atoms with van der Waals surface area (Å²) in [5.74, 6) is 0.215. The summed E-state index contributed by atoms with van der Waals surface area (Å²) in [6.45, 7) is 2.05. The third-order valence-electron chi connectivity index (χ3n) is 5.10. The highest BCUT2D eigenvalue weighted by Crippen LogP contribution is 2.26. The molecule has 0 saturated carbocycles. The third kappa shape index (κ3) is 5.30. The van der Waals surface area contributed by atoms with E-state index in [-0.39, 0.29) is 17.3 Å². The maximum atomic E-state index is 12.9. The summed E-state index contributed by atoms with van der Waals surface area (Å²) >= 11 is 5.87. The molecule has 0 fully saturated rings. The molecule has 3 rings (SSSR count). The molecule has 0 radical (unpaired) electrons. The zero-order valence-electron chi connectivity index (χ0n) is 18.1. The van der Waals surface area contributed by atoms with Crippen molar-refractivity contribution in [3.63, 3.8) is 0 Å². The van der Waals surface area contributed by atoms with E-state index >= 15 is 0 Å². The number of anilines is 1. The number of hydrogen-bond donors (Lipinski definition) is 1. The van der Waals surface area contributed by atoms with E-state index in [9.17, 15) is 13.2 Å². The van der Waals surface area contributed by atoms with Crippen LogP contribution in [-0.2, 0) is 23.0 Å². The van der Waals surface area contributed by atoms with Crippen LogP contribution in [0.25, 0.3) is 0 Å². The van der Waals surface area contributed by atoms with Gasteiger partial charge in [0.05, 0.1) is 12.0 Å². The summed E-state index contributed by atoms with van der Waals surface area (Å²) in [4.78, 5) is 13.0. The Morgan fingerprint density at radius 1 is 1.03 bits per heavy atom. The van der Waals surface area contributed by atoms with Gasteiger partial charge >= 0.3 is 0 Å². The summed E-state index contributed by atoms with van der Waals surface area (Å²) < 4.78 is 32.5. The predicted octanol–water partition coefficient (Wildman–Crippen LogP) is 4.98. The molecule has 0 saturated heterocycles. The molecule has 0 aliphatic rings. The summed E-state index contributed by atoms with van der Waals surface area (Å²) in [6.07, 6.45) is 0.789. The lowest BCUT2D eigenvalue weighted by atomic mass is 10.1. The second-order valence-corrected chi connectivity index (χ2v) is 9.69. The van der Waals surface area contributed by atoms with Crippen LogP contribution in [0.4, 0.5) is 5.69 Å². The molecule has 0 spiro atoms. The Hall–Kier alpha value is -2.87. The van der Waals surface area contributed by atoms with E-state index in [1.54, 1.807) is 18.2 Å². The molecule has 0 bridgehead atoms. The van der Waals surface area contributed by atoms with Gasteiger partial charge in [-0.3, -0.25) is 4.79 Å². The van der Waals surface area contributed by atoms with Crippen LogP contribution in [0.15, 0.2) is 71.6 Å². The van der Waals surface area contributed by atoms with Crippen molar-refractivity contribution in [3.05, 3.63) is 88.4 Å². The fraction of sp³-hybridized carbons (Fsp3) is 0.208. The minimum atomic E-state index is -3.75. The average molecular weight is 473 g/mol. The number of hydrogen-bond acceptors (Lipinski definition) is 4. The number of rotatable bonds is 8. The molecule has 3 aromatic rings. The second kappa shape index (κ2) is 10.2. The van der Waals surface area contributed by atoms with E-state index in [2.05, 4.69) is 5.32 Å². The number of carbonyl (C=O) groups is 1. The standard InChI is InChI=1S/C24H25ClN2O4S/c1-4-17-7-5-6-8-22(17)26-24(28)18-9-14-23(31-3)19(15-18)16-27(2)32(29,30)21-12-10-20(25)11-13-21/h5-15H,4,16H2,1-3H3,(H,26,28). The van der Waals surface area contributed by atoms with Gasteiger partial charge in [0.25, 0.3) is 5.91 Å². The molecule has 32 heavy (non-hydrogen) atoms. The van der Waals surface area contributed by atoms with Crippen molar-refractivity contribution >= 4 is 33.2 Å². The molecule has 0 atom stereocenters. The van der Waals surface area contributed by atoms with Gasteiger partial charge in [-0.1, -0.05) is 36.7 Å². The quantitative estimate of drug-likeness (QED) is 0.501. The van der Waals surface area contributed by atoms with Gasteiger partial charge in [0, 0.05) is 35.4 Å². The number of nitrogens with one attached hydrogen (secondary N) is 1. The lowest BCUT2D eigenvalue weighted by Crippen LogP contribution is -2.27. The number of ether oxygens (including phenoxy) is 1. The number of methoxy groups -OCH3 is 1. The average Bonchev–Trinajstić information content (AvgIpc) is 2.79. The summed E-state index contributed by atoms with van der Waals surface area (Å²) in [6, 6.07) is 18.6. The smallest absolute Gasteiger partial charge is 0.255 e. The zero-order valence-corrected chi connectivity index (χ0v) is 19.7. The molecular formula is C24H25ClN2O4S. The van der Waals surface area contributed by atoms with Crippen LogP contribution in [0.2, 0.25) is 5.02 Å². The molecular weight excluding hydrogens is 448 g/mol. The van der Waals surface area contributed by atoms with Gasteiger partial charge in [0.1, 0.15) is 5.75 Å². The SMILES string of the molecule is CCc1ccccc1NC(=O)c1ccc(OC)c(CN(C)S(=O)(=O)c2ccc(Cl)cc2)c1. The molecule has 1 amide bonds. The summed E-state index contributed by atoms with van der Waals surface area (Å²) in [5.41, 5.74) is 2.76. The van der Waals surface area contributed by atoms with Crippen molar-refractivity contribution in [2.45, 2.75) is 24.8 Å². The van der Waals surface area contributed by atoms with Crippen LogP contribution in [-0.4, -0.2) is 32.8 Å². The molecule has 0 unspecified atom stereocenters. The Labute approximate surface area is 193 Å². The van der Waals surface area contributed by atoms with Crippen molar-refractivity contribution in [2.24, 2.45) is 0 Å². The maximum Gasteiger partial charge on any atom is 0.255 e. The van der Waals surface area contributed by atoms with Gasteiger partial charge in [-0.05, 0) is 60.5 Å². The largest absolute Gasteiger partial charge is 0.496 e. The first-order chi connectivity index (χ1) is 15.3. The van der Waals surface area contributed by atoms with E-state index in [4.69, 9.17) is 16.3 Å². The Bertz CT molecular complexity index is 1210. The number of carbonyl (C=O) groups excluding carboxylic acids is 1. The first kappa shape index (κ1) is 23.8. The van der Waals surface area contributed by atoms with Crippen LogP contribution in [0.5, 0.6) is 5.75 Å². The van der Waals surface area contributed by atoms with Crippen molar-refractivity contribution in [2.75, 3.05) is 19.5 Å². The van der Waals surface area contributed by atoms with Gasteiger partial charge in [-0.15, -0.1) is 0 Å². The first-order valence-corrected chi connectivity index (χ1v) is 11.9. The minimum Gasteiger partial charge on any atom is -0.496 e. The van der Waals surface area contributed by atoms with Gasteiger partial charge in [0.2, 0.25) is 10.0 Å². The van der Waals surface area contributed by atoms with Crippen LogP contribution in [0.3, 0.4) is 0 Å². The first-order valence-electron chi connectivity index (χ1n) is 10.0. The number of sulfonamides is 1. The van der Waals surface area contributed by atoms with Gasteiger partial charge in [-0.25, -0.2) is 8.42 Å². The van der Waals surface area contributed by atoms with Gasteiger partial charge < -0.3 is 10.1 Å². The van der Waals surface area contributed by atoms with Crippen LogP contribution in [0, 0.1) is 0 Å². The highest BCUT2D eigenvalue weighted by molar-refractivity contribution is 7.89. The Morgan fingerprint density at radius 2 is 1.72 bits per heavy atom. The summed E-state index contributed by atoms with van der Waals surface area (Å²) in [5, 5.41) is 3.39. The molecule has 168 valence electrons. The van der Waals surface area contributed by atoms with Crippen LogP contribution in [0.1, 0.15) is 28.4 Å². The van der Waals surface area contributed by atoms with Gasteiger partial charge in [-0.2, -0.15) is 4.31 Å². The maximum absolute atomic E-state index is 12.9. The fourth-order valence-electron chi connectivity index (χ4n) is 3.30. The third-order valence-corrected chi connectivity index (χ3v) is 7.17. The van der Waals surface area contributed by atoms with E-state index in [0.29, 0.717) is 21.9 Å². The lowest BCUT2D eigenvalue weighted by Gasteiger charge is -2.19. The number of aryl methyl sites for hydroxylation is 1. The highest BCUT2D eigenvalue weighted by Gasteiger charge is 2.23. The minimum absolute atomic E-state index is 0.0286. The molecule has 6 nitrogen and oxygen atoms in total. The fourth-order valence-corrected chi connectivity index (χ4v) is 4.57. The molecule has 3 aromatic carbocycles. The number of halogens is 1. The monoisotopic (exact) mass is 472 g/mol. The Morgan fingerprint density at radius 3 is 2.38 bits per heavy atom. The molecule has 0 aliphatic heterocycles. The van der Waals surface area contributed by atoms with Crippen molar-refractivity contribution in [1.82, 2.24) is 4.31 Å². The van der Waals surface area contributed by atoms with E-state index in [1.807, 2.05) is 31.2 Å². The Balaban J connectivity index is 1.86. The molecule has 0 aliphatic carbocycles. The number of nitrogens with zero attached hydrogens (tertiary/aromatic N) is 1. The second-order valence-electron chi connectivity index (χ2n) is 7.21. The van der Waals surface area contributed by atoms with E-state index in [0.717, 1.165) is 17.7 Å². The van der Waals surface area contributed by atoms with Crippen LogP contribution < -0.4 is 10.1 Å². The molecule has 0 heterocycles. The van der Waals surface area contributed by atoms with Crippen molar-refractivity contribution < 1.29 is 17.9 Å². The molecule has 0 aromatic heterocycles. The molecule has 8 heteroatoms. The van der Waals surface area contributed by atoms with E-state index in [1.165, 1.54) is 42.7 Å². The number of para-hydroxylation sites is 1. The Kier molecular flexibility index (Phi) is 7.56. The number of benzene rings is 3. The topological polar surface area (TPSA) is 75.7 Å². The predicted molar refractivity (Wildman–Crippen MR) is 127 cm³/mol. The van der Waals surface area contributed by atoms with E-state index < -0.39 is 10.0 Å². The number of amides is 1. The summed E-state index contributed by atoms with van der Waals surface area (Å²) in [7, 11) is -0.767. The van der Waals surface area contributed by atoms with Gasteiger partial charge in [0.15, 0.2) is 0 Å². The van der Waals surface area contributed by atoms with Crippen molar-refractivity contribution in [3.8, 4) is 5.75 Å². The lowest BCUT2D eigenvalue weighted by molar-refractivity contribution is 0.102. The normalized spacial score (nSPS) is 11.4. The zero-order chi connectivity index (χ0) is 23.3. The van der Waals surface area contributed by atoms with Crippen molar-refractivity contribution in [1.29, 1.82) is 0 Å².